The Morgan fingerprint density at radius 2 is 1.72 bits per heavy atom. The zero-order chi connectivity index (χ0) is 18.0. The average Bonchev–Trinajstić information content (AvgIpc) is 3.01. The van der Waals surface area contributed by atoms with Crippen molar-refractivity contribution in [1.82, 2.24) is 4.98 Å². The van der Waals surface area contributed by atoms with E-state index >= 15 is 0 Å². The molecule has 0 aliphatic heterocycles. The minimum absolute atomic E-state index is 0.311. The molecule has 1 amide bonds. The number of nitrogens with zero attached hydrogens (tertiary/aromatic N) is 1. The molecular weight excluding hydrogens is 364 g/mol. The minimum Gasteiger partial charge on any atom is -0.497 e. The number of halogens is 1. The second kappa shape index (κ2) is 7.16. The van der Waals surface area contributed by atoms with Crippen molar-refractivity contribution >= 4 is 44.2 Å². The Hall–Kier alpha value is -2.51. The van der Waals surface area contributed by atoms with E-state index in [9.17, 15) is 4.79 Å². The number of aromatic nitrogens is 1. The summed E-state index contributed by atoms with van der Waals surface area (Å²) in [5.74, 6) is 1.32. The summed E-state index contributed by atoms with van der Waals surface area (Å²) in [6.07, 6.45) is 0. The van der Waals surface area contributed by atoms with Crippen LogP contribution in [0.15, 0.2) is 30.3 Å². The van der Waals surface area contributed by atoms with Gasteiger partial charge in [-0.25, -0.2) is 4.98 Å². The van der Waals surface area contributed by atoms with Gasteiger partial charge in [0.25, 0.3) is 5.91 Å². The SMILES string of the molecule is COc1cc(OC)cc(C(=O)Nc2nc3cc(Cl)c(OC)cc3s2)c1. The molecule has 0 saturated carbocycles. The third-order valence-electron chi connectivity index (χ3n) is 3.50. The van der Waals surface area contributed by atoms with Gasteiger partial charge in [0, 0.05) is 17.7 Å². The summed E-state index contributed by atoms with van der Waals surface area (Å²) in [6, 6.07) is 8.45. The monoisotopic (exact) mass is 378 g/mol. The quantitative estimate of drug-likeness (QED) is 0.719. The Labute approximate surface area is 153 Å². The van der Waals surface area contributed by atoms with E-state index in [0.717, 1.165) is 4.70 Å². The number of rotatable bonds is 5. The molecule has 8 heteroatoms. The van der Waals surface area contributed by atoms with Crippen LogP contribution < -0.4 is 19.5 Å². The predicted molar refractivity (Wildman–Crippen MR) is 98.7 cm³/mol. The van der Waals surface area contributed by atoms with Gasteiger partial charge >= 0.3 is 0 Å². The number of hydrogen-bond acceptors (Lipinski definition) is 6. The number of benzene rings is 2. The number of ether oxygens (including phenoxy) is 3. The van der Waals surface area contributed by atoms with E-state index in [2.05, 4.69) is 10.3 Å². The van der Waals surface area contributed by atoms with Gasteiger partial charge in [-0.2, -0.15) is 0 Å². The average molecular weight is 379 g/mol. The highest BCUT2D eigenvalue weighted by atomic mass is 35.5. The number of anilines is 1. The first kappa shape index (κ1) is 17.3. The topological polar surface area (TPSA) is 69.7 Å². The largest absolute Gasteiger partial charge is 0.497 e. The molecule has 0 radical (unpaired) electrons. The van der Waals surface area contributed by atoms with E-state index < -0.39 is 0 Å². The predicted octanol–water partition coefficient (Wildman–Crippen LogP) is 4.23. The summed E-state index contributed by atoms with van der Waals surface area (Å²) >= 11 is 7.44. The van der Waals surface area contributed by atoms with Crippen LogP contribution in [0.4, 0.5) is 5.13 Å². The number of carbonyl (C=O) groups is 1. The van der Waals surface area contributed by atoms with Crippen molar-refractivity contribution in [3.8, 4) is 17.2 Å². The number of amides is 1. The first-order valence-electron chi connectivity index (χ1n) is 7.22. The smallest absolute Gasteiger partial charge is 0.257 e. The van der Waals surface area contributed by atoms with Gasteiger partial charge in [0.05, 0.1) is 36.6 Å². The Bertz CT molecular complexity index is 920. The van der Waals surface area contributed by atoms with Crippen LogP contribution in [0, 0.1) is 0 Å². The summed E-state index contributed by atoms with van der Waals surface area (Å²) in [5, 5.41) is 3.71. The van der Waals surface area contributed by atoms with Crippen molar-refractivity contribution in [2.45, 2.75) is 0 Å². The number of fused-ring (bicyclic) bond motifs is 1. The van der Waals surface area contributed by atoms with E-state index in [1.54, 1.807) is 37.4 Å². The molecule has 0 aliphatic carbocycles. The third kappa shape index (κ3) is 3.62. The molecule has 0 bridgehead atoms. The summed E-state index contributed by atoms with van der Waals surface area (Å²) < 4.78 is 16.4. The lowest BCUT2D eigenvalue weighted by molar-refractivity contribution is 0.102. The highest BCUT2D eigenvalue weighted by Crippen LogP contribution is 2.34. The zero-order valence-corrected chi connectivity index (χ0v) is 15.3. The van der Waals surface area contributed by atoms with E-state index in [4.69, 9.17) is 25.8 Å². The van der Waals surface area contributed by atoms with Gasteiger partial charge < -0.3 is 14.2 Å². The van der Waals surface area contributed by atoms with Crippen LogP contribution in [-0.2, 0) is 0 Å². The fourth-order valence-corrected chi connectivity index (χ4v) is 3.35. The highest BCUT2D eigenvalue weighted by molar-refractivity contribution is 7.22. The molecule has 3 rings (SSSR count). The normalized spacial score (nSPS) is 10.6. The molecule has 25 heavy (non-hydrogen) atoms. The van der Waals surface area contributed by atoms with Gasteiger partial charge in [-0.3, -0.25) is 10.1 Å². The maximum Gasteiger partial charge on any atom is 0.257 e. The first-order chi connectivity index (χ1) is 12.0. The van der Waals surface area contributed by atoms with Crippen LogP contribution in [0.3, 0.4) is 0 Å². The van der Waals surface area contributed by atoms with E-state index in [1.165, 1.54) is 25.6 Å². The molecule has 0 unspecified atom stereocenters. The molecule has 0 aliphatic rings. The first-order valence-corrected chi connectivity index (χ1v) is 8.42. The van der Waals surface area contributed by atoms with Crippen LogP contribution in [0.1, 0.15) is 10.4 Å². The molecule has 0 fully saturated rings. The molecule has 1 aromatic heterocycles. The lowest BCUT2D eigenvalue weighted by atomic mass is 10.2. The van der Waals surface area contributed by atoms with E-state index in [0.29, 0.717) is 38.5 Å². The van der Waals surface area contributed by atoms with Crippen LogP contribution in [0.2, 0.25) is 5.02 Å². The molecule has 130 valence electrons. The van der Waals surface area contributed by atoms with Gasteiger partial charge in [0.1, 0.15) is 17.2 Å². The number of thiazole rings is 1. The zero-order valence-electron chi connectivity index (χ0n) is 13.8. The summed E-state index contributed by atoms with van der Waals surface area (Å²) in [7, 11) is 4.61. The Morgan fingerprint density at radius 3 is 2.32 bits per heavy atom. The lowest BCUT2D eigenvalue weighted by Gasteiger charge is -2.07. The van der Waals surface area contributed by atoms with Crippen molar-refractivity contribution in [2.75, 3.05) is 26.6 Å². The van der Waals surface area contributed by atoms with E-state index in [1.807, 2.05) is 0 Å². The fourth-order valence-electron chi connectivity index (χ4n) is 2.25. The number of carbonyl (C=O) groups excluding carboxylic acids is 1. The van der Waals surface area contributed by atoms with Crippen molar-refractivity contribution in [2.24, 2.45) is 0 Å². The van der Waals surface area contributed by atoms with Crippen LogP contribution in [-0.4, -0.2) is 32.2 Å². The summed E-state index contributed by atoms with van der Waals surface area (Å²) in [6.45, 7) is 0. The Balaban J connectivity index is 1.89. The van der Waals surface area contributed by atoms with Gasteiger partial charge in [0.2, 0.25) is 0 Å². The Morgan fingerprint density at radius 1 is 1.04 bits per heavy atom. The van der Waals surface area contributed by atoms with Gasteiger partial charge in [-0.1, -0.05) is 22.9 Å². The second-order valence-corrected chi connectivity index (χ2v) is 6.47. The molecule has 2 aromatic carbocycles. The molecule has 3 aromatic rings. The maximum absolute atomic E-state index is 12.5. The summed E-state index contributed by atoms with van der Waals surface area (Å²) in [5.41, 5.74) is 1.10. The molecular formula is C17H15ClN2O4S. The molecule has 0 atom stereocenters. The van der Waals surface area contributed by atoms with Crippen molar-refractivity contribution < 1.29 is 19.0 Å². The minimum atomic E-state index is -0.311. The number of hydrogen-bond donors (Lipinski definition) is 1. The highest BCUT2D eigenvalue weighted by Gasteiger charge is 2.14. The molecule has 1 N–H and O–H groups in total. The van der Waals surface area contributed by atoms with Gasteiger partial charge in [-0.05, 0) is 18.2 Å². The van der Waals surface area contributed by atoms with Crippen molar-refractivity contribution in [3.05, 3.63) is 40.9 Å². The molecule has 0 spiro atoms. The maximum atomic E-state index is 12.5. The number of nitrogens with one attached hydrogen (secondary N) is 1. The second-order valence-electron chi connectivity index (χ2n) is 5.03. The third-order valence-corrected chi connectivity index (χ3v) is 4.73. The van der Waals surface area contributed by atoms with Crippen LogP contribution >= 0.6 is 22.9 Å². The van der Waals surface area contributed by atoms with E-state index in [-0.39, 0.29) is 5.91 Å². The lowest BCUT2D eigenvalue weighted by Crippen LogP contribution is -2.12. The van der Waals surface area contributed by atoms with Gasteiger partial charge in [0.15, 0.2) is 5.13 Å². The van der Waals surface area contributed by atoms with Crippen LogP contribution in [0.5, 0.6) is 17.2 Å². The molecule has 0 saturated heterocycles. The van der Waals surface area contributed by atoms with Crippen molar-refractivity contribution in [1.29, 1.82) is 0 Å². The van der Waals surface area contributed by atoms with Gasteiger partial charge in [-0.15, -0.1) is 0 Å². The molecule has 6 nitrogen and oxygen atoms in total. The number of methoxy groups -OCH3 is 3. The standard InChI is InChI=1S/C17H15ClN2O4S/c1-22-10-4-9(5-11(6-10)23-2)16(21)20-17-19-13-7-12(18)14(24-3)8-15(13)25-17/h4-8H,1-3H3,(H,19,20,21). The van der Waals surface area contributed by atoms with Crippen molar-refractivity contribution in [3.63, 3.8) is 0 Å². The summed E-state index contributed by atoms with van der Waals surface area (Å²) in [4.78, 5) is 16.9. The van der Waals surface area contributed by atoms with Crippen LogP contribution in [0.25, 0.3) is 10.2 Å². The fraction of sp³-hybridized carbons (Fsp3) is 0.176. The Kier molecular flexibility index (Phi) is 4.96. The molecule has 1 heterocycles.